The molecule has 0 aliphatic heterocycles. The van der Waals surface area contributed by atoms with E-state index in [4.69, 9.17) is 0 Å². The highest BCUT2D eigenvalue weighted by atomic mass is 15.0. The molecule has 0 amide bonds. The zero-order valence-electron chi connectivity index (χ0n) is 34.3. The molecule has 2 heterocycles. The quantitative estimate of drug-likeness (QED) is 0.169. The van der Waals surface area contributed by atoms with Crippen LogP contribution in [0.4, 0.5) is 0 Å². The molecule has 2 aromatic heterocycles. The molecule has 5 saturated carbocycles. The molecule has 1 spiro atoms. The minimum atomic E-state index is 0.208. The fraction of sp³-hybridized carbons (Fsp3) is 0.276. The van der Waals surface area contributed by atoms with Crippen molar-refractivity contribution < 1.29 is 0 Å². The van der Waals surface area contributed by atoms with E-state index in [2.05, 4.69) is 161 Å². The number of benzene rings is 7. The summed E-state index contributed by atoms with van der Waals surface area (Å²) in [6, 6.07) is 59.0. The van der Waals surface area contributed by atoms with Crippen LogP contribution in [0.1, 0.15) is 86.8 Å². The highest BCUT2D eigenvalue weighted by Crippen LogP contribution is 2.69. The second-order valence-electron chi connectivity index (χ2n) is 19.6. The van der Waals surface area contributed by atoms with Crippen molar-refractivity contribution in [2.24, 2.45) is 23.7 Å². The van der Waals surface area contributed by atoms with E-state index in [-0.39, 0.29) is 5.41 Å². The van der Waals surface area contributed by atoms with E-state index in [0.29, 0.717) is 5.92 Å². The Morgan fingerprint density at radius 1 is 0.400 bits per heavy atom. The maximum atomic E-state index is 2.58. The third kappa shape index (κ3) is 4.60. The van der Waals surface area contributed by atoms with Gasteiger partial charge in [-0.05, 0) is 168 Å². The van der Waals surface area contributed by atoms with Crippen LogP contribution in [0, 0.1) is 23.7 Å². The molecule has 0 unspecified atom stereocenters. The molecular weight excluding hydrogens is 725 g/mol. The molecule has 2 nitrogen and oxygen atoms in total. The summed E-state index contributed by atoms with van der Waals surface area (Å²) in [5, 5.41) is 5.26. The van der Waals surface area contributed by atoms with Gasteiger partial charge < -0.3 is 9.13 Å². The van der Waals surface area contributed by atoms with Crippen LogP contribution in [-0.4, -0.2) is 9.13 Å². The Hall–Kier alpha value is -5.86. The molecule has 292 valence electrons. The first-order chi connectivity index (χ1) is 29.7. The molecule has 5 fully saturated rings. The number of para-hydroxylation sites is 3. The number of rotatable bonds is 4. The van der Waals surface area contributed by atoms with Gasteiger partial charge in [0.2, 0.25) is 0 Å². The Morgan fingerprint density at radius 3 is 1.57 bits per heavy atom. The summed E-state index contributed by atoms with van der Waals surface area (Å²) in [6.07, 6.45) is 13.7. The fourth-order valence-corrected chi connectivity index (χ4v) is 14.5. The number of hydrogen-bond acceptors (Lipinski definition) is 0. The molecule has 0 atom stereocenters. The van der Waals surface area contributed by atoms with Crippen molar-refractivity contribution >= 4 is 43.6 Å². The average Bonchev–Trinajstić information content (AvgIpc) is 3.92. The van der Waals surface area contributed by atoms with Crippen LogP contribution in [0.2, 0.25) is 0 Å². The van der Waals surface area contributed by atoms with Crippen LogP contribution in [0.25, 0.3) is 77.2 Å². The standard InChI is InChI=1S/C58H50N2/c1-2-12-38(13-3-1)41-31-44(59-54-19-9-5-15-47(54)48-16-6-10-20-55(48)59)35-45(32-41)60-56-21-11-7-17-49(56)51-34-40(23-25-57(51)60)39-22-24-53-50(33-39)46-14-4-8-18-52(46)58(53)42-27-36-26-37(29-42)30-43(58)28-36/h4-11,14-25,31-38,42-43H,1-3,12-13,26-30H2. The summed E-state index contributed by atoms with van der Waals surface area (Å²) in [5.41, 5.74) is 18.2. The second-order valence-corrected chi connectivity index (χ2v) is 19.6. The van der Waals surface area contributed by atoms with Gasteiger partial charge >= 0.3 is 0 Å². The topological polar surface area (TPSA) is 9.86 Å². The van der Waals surface area contributed by atoms with Gasteiger partial charge in [-0.3, -0.25) is 0 Å². The van der Waals surface area contributed by atoms with E-state index in [1.807, 2.05) is 0 Å². The minimum Gasteiger partial charge on any atom is -0.309 e. The van der Waals surface area contributed by atoms with E-state index >= 15 is 0 Å². The van der Waals surface area contributed by atoms with Crippen molar-refractivity contribution in [3.8, 4) is 33.6 Å². The zero-order valence-corrected chi connectivity index (χ0v) is 34.3. The Balaban J connectivity index is 0.945. The summed E-state index contributed by atoms with van der Waals surface area (Å²) < 4.78 is 5.08. The van der Waals surface area contributed by atoms with Gasteiger partial charge in [-0.25, -0.2) is 0 Å². The van der Waals surface area contributed by atoms with Gasteiger partial charge in [-0.2, -0.15) is 0 Å². The van der Waals surface area contributed by atoms with Gasteiger partial charge in [0.1, 0.15) is 0 Å². The van der Waals surface area contributed by atoms with Crippen LogP contribution in [0.3, 0.4) is 0 Å². The predicted octanol–water partition coefficient (Wildman–Crippen LogP) is 15.3. The first-order valence-electron chi connectivity index (χ1n) is 23.1. The molecule has 6 aliphatic carbocycles. The Morgan fingerprint density at radius 2 is 0.917 bits per heavy atom. The third-order valence-corrected chi connectivity index (χ3v) is 16.7. The average molecular weight is 775 g/mol. The Kier molecular flexibility index (Phi) is 7.11. The van der Waals surface area contributed by atoms with Gasteiger partial charge in [0, 0.05) is 38.3 Å². The predicted molar refractivity (Wildman–Crippen MR) is 250 cm³/mol. The second kappa shape index (κ2) is 12.6. The van der Waals surface area contributed by atoms with E-state index in [0.717, 1.165) is 23.7 Å². The lowest BCUT2D eigenvalue weighted by atomic mass is 9.43. The highest BCUT2D eigenvalue weighted by Gasteiger charge is 2.61. The molecule has 2 heteroatoms. The minimum absolute atomic E-state index is 0.208. The molecule has 6 aliphatic rings. The molecule has 60 heavy (non-hydrogen) atoms. The van der Waals surface area contributed by atoms with Crippen LogP contribution in [-0.2, 0) is 5.41 Å². The van der Waals surface area contributed by atoms with E-state index in [9.17, 15) is 0 Å². The molecular formula is C58H50N2. The van der Waals surface area contributed by atoms with Gasteiger partial charge in [0.25, 0.3) is 0 Å². The molecule has 4 bridgehead atoms. The molecule has 0 saturated heterocycles. The van der Waals surface area contributed by atoms with Crippen molar-refractivity contribution in [2.75, 3.05) is 0 Å². The normalized spacial score (nSPS) is 24.3. The van der Waals surface area contributed by atoms with Gasteiger partial charge in [0.05, 0.1) is 22.1 Å². The van der Waals surface area contributed by atoms with E-state index < -0.39 is 0 Å². The maximum absolute atomic E-state index is 2.58. The van der Waals surface area contributed by atoms with Crippen molar-refractivity contribution in [3.05, 3.63) is 168 Å². The lowest BCUT2D eigenvalue weighted by molar-refractivity contribution is -0.0399. The van der Waals surface area contributed by atoms with Gasteiger partial charge in [-0.1, -0.05) is 116 Å². The lowest BCUT2D eigenvalue weighted by Crippen LogP contribution is -2.55. The molecule has 15 rings (SSSR count). The Labute approximate surface area is 352 Å². The molecule has 9 aromatic rings. The first-order valence-corrected chi connectivity index (χ1v) is 23.1. The largest absolute Gasteiger partial charge is 0.309 e. The zero-order chi connectivity index (χ0) is 39.1. The maximum Gasteiger partial charge on any atom is 0.0541 e. The van der Waals surface area contributed by atoms with Gasteiger partial charge in [0.15, 0.2) is 0 Å². The highest BCUT2D eigenvalue weighted by molar-refractivity contribution is 6.11. The fourth-order valence-electron chi connectivity index (χ4n) is 14.5. The molecule has 0 radical (unpaired) electrons. The molecule has 7 aromatic carbocycles. The van der Waals surface area contributed by atoms with Crippen LogP contribution in [0.5, 0.6) is 0 Å². The smallest absolute Gasteiger partial charge is 0.0541 e. The number of aromatic nitrogens is 2. The molecule has 0 N–H and O–H groups in total. The lowest BCUT2D eigenvalue weighted by Gasteiger charge is -2.61. The monoisotopic (exact) mass is 774 g/mol. The number of nitrogens with zero attached hydrogens (tertiary/aromatic N) is 2. The van der Waals surface area contributed by atoms with Crippen LogP contribution in [0.15, 0.2) is 152 Å². The van der Waals surface area contributed by atoms with Gasteiger partial charge in [-0.15, -0.1) is 0 Å². The summed E-state index contributed by atoms with van der Waals surface area (Å²) in [4.78, 5) is 0. The van der Waals surface area contributed by atoms with Crippen molar-refractivity contribution in [3.63, 3.8) is 0 Å². The summed E-state index contributed by atoms with van der Waals surface area (Å²) in [5.74, 6) is 4.07. The summed E-state index contributed by atoms with van der Waals surface area (Å²) in [7, 11) is 0. The SMILES string of the molecule is c1ccc2c(c1)-c1cc(-c3ccc4c(c3)c3ccccc3n4-c3cc(C4CCCCC4)cc(-n4c5ccccc5c5ccccc54)c3)ccc1C21C2CC3CC(C2)CC1C3. The Bertz CT molecular complexity index is 3140. The number of fused-ring (bicyclic) bond motifs is 9. The summed E-state index contributed by atoms with van der Waals surface area (Å²) >= 11 is 0. The first kappa shape index (κ1) is 33.9. The van der Waals surface area contributed by atoms with Crippen LogP contribution >= 0.6 is 0 Å². The third-order valence-electron chi connectivity index (χ3n) is 16.7. The van der Waals surface area contributed by atoms with E-state index in [1.165, 1.54) is 147 Å². The summed E-state index contributed by atoms with van der Waals surface area (Å²) in [6.45, 7) is 0. The van der Waals surface area contributed by atoms with Crippen molar-refractivity contribution in [1.82, 2.24) is 9.13 Å². The number of hydrogen-bond donors (Lipinski definition) is 0. The van der Waals surface area contributed by atoms with Crippen LogP contribution < -0.4 is 0 Å². The van der Waals surface area contributed by atoms with Crippen molar-refractivity contribution in [1.29, 1.82) is 0 Å². The van der Waals surface area contributed by atoms with Crippen molar-refractivity contribution in [2.45, 2.75) is 75.5 Å². The van der Waals surface area contributed by atoms with E-state index in [1.54, 1.807) is 11.1 Å².